The summed E-state index contributed by atoms with van der Waals surface area (Å²) in [5.74, 6) is -0.801. The third-order valence-corrected chi connectivity index (χ3v) is 4.93. The van der Waals surface area contributed by atoms with Crippen molar-refractivity contribution in [2.24, 2.45) is 0 Å². The van der Waals surface area contributed by atoms with E-state index in [0.29, 0.717) is 10.7 Å². The predicted molar refractivity (Wildman–Crippen MR) is 110 cm³/mol. The number of nitrogens with zero attached hydrogens (tertiary/aromatic N) is 3. The van der Waals surface area contributed by atoms with Gasteiger partial charge in [0.2, 0.25) is 6.29 Å². The zero-order valence-electron chi connectivity index (χ0n) is 16.0. The largest absolute Gasteiger partial charge is 0.484 e. The van der Waals surface area contributed by atoms with Crippen LogP contribution < -0.4 is 10.1 Å². The molecule has 31 heavy (non-hydrogen) atoms. The molecular weight excluding hydrogens is 450 g/mol. The van der Waals surface area contributed by atoms with Crippen molar-refractivity contribution in [2.45, 2.75) is 12.3 Å². The van der Waals surface area contributed by atoms with Crippen LogP contribution in [0.15, 0.2) is 48.7 Å². The molecule has 8 nitrogen and oxygen atoms in total. The fraction of sp³-hybridized carbons (Fsp3) is 0.250. The number of halogens is 3. The van der Waals surface area contributed by atoms with Crippen molar-refractivity contribution in [3.8, 4) is 11.4 Å². The smallest absolute Gasteiger partial charge is 0.258 e. The molecule has 1 fully saturated rings. The van der Waals surface area contributed by atoms with Crippen molar-refractivity contribution < 1.29 is 23.4 Å². The summed E-state index contributed by atoms with van der Waals surface area (Å²) in [6.07, 6.45) is 1.01. The lowest BCUT2D eigenvalue weighted by atomic mass is 10.3. The Morgan fingerprint density at radius 1 is 1.19 bits per heavy atom. The maximum absolute atomic E-state index is 13.4. The fourth-order valence-electron chi connectivity index (χ4n) is 2.85. The summed E-state index contributed by atoms with van der Waals surface area (Å²) >= 11 is 11.5. The molecule has 0 bridgehead atoms. The predicted octanol–water partition coefficient (Wildman–Crippen LogP) is 3.32. The van der Waals surface area contributed by atoms with Crippen LogP contribution in [0.25, 0.3) is 5.69 Å². The van der Waals surface area contributed by atoms with Gasteiger partial charge in [-0.15, -0.1) is 5.10 Å². The first-order valence-electron chi connectivity index (χ1n) is 9.26. The standard InChI is InChI=1S/C20H17Cl2FN4O4/c21-12-1-3-14(4-2-12)27-8-18(25-26-27)20-30-9-13(10-31-20)24-19(28)11-29-15-5-6-16(22)17(23)7-15/h1-8,13,20H,9-11H2,(H,24,28)/t13-,20+. The van der Waals surface area contributed by atoms with Crippen molar-refractivity contribution in [2.75, 3.05) is 19.8 Å². The number of amides is 1. The maximum Gasteiger partial charge on any atom is 0.258 e. The van der Waals surface area contributed by atoms with E-state index in [1.165, 1.54) is 12.1 Å². The molecular formula is C20H17Cl2FN4O4. The van der Waals surface area contributed by atoms with Gasteiger partial charge in [-0.1, -0.05) is 28.4 Å². The third kappa shape index (κ3) is 5.50. The maximum atomic E-state index is 13.4. The second-order valence-electron chi connectivity index (χ2n) is 6.69. The highest BCUT2D eigenvalue weighted by atomic mass is 35.5. The van der Waals surface area contributed by atoms with E-state index in [0.717, 1.165) is 11.8 Å². The van der Waals surface area contributed by atoms with Crippen LogP contribution in [0, 0.1) is 5.82 Å². The molecule has 2 heterocycles. The average molecular weight is 467 g/mol. The summed E-state index contributed by atoms with van der Waals surface area (Å²) in [6, 6.07) is 10.7. The first-order chi connectivity index (χ1) is 15.0. The molecule has 1 saturated heterocycles. The van der Waals surface area contributed by atoms with Crippen LogP contribution in [-0.2, 0) is 14.3 Å². The van der Waals surface area contributed by atoms with E-state index < -0.39 is 12.1 Å². The lowest BCUT2D eigenvalue weighted by Crippen LogP contribution is -2.46. The molecule has 162 valence electrons. The van der Waals surface area contributed by atoms with Gasteiger partial charge in [0.05, 0.1) is 36.2 Å². The van der Waals surface area contributed by atoms with Gasteiger partial charge in [0.1, 0.15) is 17.3 Å². The Bertz CT molecular complexity index is 1060. The van der Waals surface area contributed by atoms with E-state index in [9.17, 15) is 9.18 Å². The van der Waals surface area contributed by atoms with Gasteiger partial charge in [0.15, 0.2) is 6.61 Å². The lowest BCUT2D eigenvalue weighted by molar-refractivity contribution is -0.197. The second kappa shape index (κ2) is 9.61. The van der Waals surface area contributed by atoms with Gasteiger partial charge in [-0.05, 0) is 36.4 Å². The zero-order chi connectivity index (χ0) is 21.8. The highest BCUT2D eigenvalue weighted by Crippen LogP contribution is 2.23. The van der Waals surface area contributed by atoms with E-state index in [4.69, 9.17) is 37.4 Å². The highest BCUT2D eigenvalue weighted by molar-refractivity contribution is 6.31. The summed E-state index contributed by atoms with van der Waals surface area (Å²) in [7, 11) is 0. The lowest BCUT2D eigenvalue weighted by Gasteiger charge is -2.28. The van der Waals surface area contributed by atoms with Gasteiger partial charge < -0.3 is 19.5 Å². The molecule has 0 aliphatic carbocycles. The number of nitrogens with one attached hydrogen (secondary N) is 1. The number of hydrogen-bond acceptors (Lipinski definition) is 6. The molecule has 1 N–H and O–H groups in total. The van der Waals surface area contributed by atoms with Crippen molar-refractivity contribution in [1.82, 2.24) is 20.3 Å². The average Bonchev–Trinajstić information content (AvgIpc) is 3.26. The number of aromatic nitrogens is 3. The van der Waals surface area contributed by atoms with Gasteiger partial charge in [-0.2, -0.15) is 0 Å². The van der Waals surface area contributed by atoms with Crippen molar-refractivity contribution in [1.29, 1.82) is 0 Å². The fourth-order valence-corrected chi connectivity index (χ4v) is 3.09. The zero-order valence-corrected chi connectivity index (χ0v) is 17.5. The molecule has 1 aromatic heterocycles. The highest BCUT2D eigenvalue weighted by Gasteiger charge is 2.27. The molecule has 0 saturated carbocycles. The van der Waals surface area contributed by atoms with E-state index in [-0.39, 0.29) is 42.5 Å². The minimum Gasteiger partial charge on any atom is -0.484 e. The number of hydrogen-bond donors (Lipinski definition) is 1. The van der Waals surface area contributed by atoms with E-state index in [2.05, 4.69) is 15.6 Å². The van der Waals surface area contributed by atoms with Crippen LogP contribution in [0.4, 0.5) is 4.39 Å². The number of ether oxygens (including phenoxy) is 3. The summed E-state index contributed by atoms with van der Waals surface area (Å²) in [4.78, 5) is 12.1. The third-order valence-electron chi connectivity index (χ3n) is 4.37. The topological polar surface area (TPSA) is 87.5 Å². The van der Waals surface area contributed by atoms with Gasteiger partial charge in [0.25, 0.3) is 5.91 Å². The molecule has 1 aliphatic heterocycles. The van der Waals surface area contributed by atoms with E-state index in [1.807, 2.05) is 12.1 Å². The molecule has 1 aliphatic rings. The molecule has 3 aromatic rings. The number of carbonyl (C=O) groups excluding carboxylic acids is 1. The van der Waals surface area contributed by atoms with Crippen LogP contribution in [0.3, 0.4) is 0 Å². The van der Waals surface area contributed by atoms with Gasteiger partial charge >= 0.3 is 0 Å². The molecule has 4 rings (SSSR count). The summed E-state index contributed by atoms with van der Waals surface area (Å²) < 4.78 is 31.6. The molecule has 11 heteroatoms. The van der Waals surface area contributed by atoms with Gasteiger partial charge in [-0.25, -0.2) is 9.07 Å². The SMILES string of the molecule is O=C(COc1ccc(Cl)c(F)c1)N[C@H]1CO[C@@H](c2cn(-c3ccc(Cl)cc3)nn2)OC1. The Hall–Kier alpha value is -2.72. The monoisotopic (exact) mass is 466 g/mol. The number of benzene rings is 2. The molecule has 2 aromatic carbocycles. The van der Waals surface area contributed by atoms with Crippen molar-refractivity contribution in [3.05, 3.63) is 70.2 Å². The summed E-state index contributed by atoms with van der Waals surface area (Å²) in [5, 5.41) is 11.5. The van der Waals surface area contributed by atoms with Gasteiger partial charge in [-0.3, -0.25) is 4.79 Å². The van der Waals surface area contributed by atoms with Crippen LogP contribution in [0.1, 0.15) is 12.0 Å². The molecule has 0 unspecified atom stereocenters. The van der Waals surface area contributed by atoms with Crippen LogP contribution >= 0.6 is 23.2 Å². The molecule has 1 amide bonds. The number of carbonyl (C=O) groups is 1. The van der Waals surface area contributed by atoms with Gasteiger partial charge in [0, 0.05) is 11.1 Å². The quantitative estimate of drug-likeness (QED) is 0.599. The molecule has 0 radical (unpaired) electrons. The first-order valence-corrected chi connectivity index (χ1v) is 10.0. The Balaban J connectivity index is 1.24. The Labute approximate surface area is 186 Å². The number of rotatable bonds is 6. The van der Waals surface area contributed by atoms with Crippen molar-refractivity contribution in [3.63, 3.8) is 0 Å². The van der Waals surface area contributed by atoms with E-state index >= 15 is 0 Å². The minimum absolute atomic E-state index is 0.0175. The van der Waals surface area contributed by atoms with Crippen LogP contribution in [0.5, 0.6) is 5.75 Å². The molecule has 0 atom stereocenters. The minimum atomic E-state index is -0.692. The van der Waals surface area contributed by atoms with Crippen LogP contribution in [-0.4, -0.2) is 46.8 Å². The Morgan fingerprint density at radius 3 is 2.65 bits per heavy atom. The first kappa shape index (κ1) is 21.5. The normalized spacial score (nSPS) is 18.5. The second-order valence-corrected chi connectivity index (χ2v) is 7.54. The Kier molecular flexibility index (Phi) is 6.67. The molecule has 0 spiro atoms. The summed E-state index contributed by atoms with van der Waals surface area (Å²) in [6.45, 7) is 0.163. The van der Waals surface area contributed by atoms with E-state index in [1.54, 1.807) is 23.0 Å². The van der Waals surface area contributed by atoms with Crippen molar-refractivity contribution >= 4 is 29.1 Å². The van der Waals surface area contributed by atoms with Crippen LogP contribution in [0.2, 0.25) is 10.0 Å². The summed E-state index contributed by atoms with van der Waals surface area (Å²) in [5.41, 5.74) is 1.30. The Morgan fingerprint density at radius 2 is 1.94 bits per heavy atom.